The highest BCUT2D eigenvalue weighted by atomic mass is 16.5. The molecule has 0 N–H and O–H groups in total. The Bertz CT molecular complexity index is 815. The zero-order valence-corrected chi connectivity index (χ0v) is 11.9. The normalized spacial score (nSPS) is 11.2. The molecule has 3 nitrogen and oxygen atoms in total. The summed E-state index contributed by atoms with van der Waals surface area (Å²) in [5.41, 5.74) is 4.17. The van der Waals surface area contributed by atoms with Gasteiger partial charge in [0.1, 0.15) is 0 Å². The fourth-order valence-electron chi connectivity index (χ4n) is 2.80. The number of carbonyl (C=O) groups is 1. The van der Waals surface area contributed by atoms with Crippen LogP contribution in [0.1, 0.15) is 22.8 Å². The Morgan fingerprint density at radius 3 is 2.40 bits per heavy atom. The monoisotopic (exact) mass is 267 g/mol. The molecular formula is C17H17NO2. The maximum absolute atomic E-state index is 11.7. The van der Waals surface area contributed by atoms with E-state index in [-0.39, 0.29) is 5.97 Å². The van der Waals surface area contributed by atoms with Crippen LogP contribution in [0.4, 0.5) is 0 Å². The van der Waals surface area contributed by atoms with Gasteiger partial charge in [-0.05, 0) is 44.2 Å². The Hall–Kier alpha value is -2.29. The van der Waals surface area contributed by atoms with Crippen LogP contribution in [0.15, 0.2) is 36.4 Å². The second-order valence-electron chi connectivity index (χ2n) is 4.99. The minimum absolute atomic E-state index is 0.294. The number of carbonyl (C=O) groups excluding carboxylic acids is 1. The smallest absolute Gasteiger partial charge is 0.337 e. The number of ether oxygens (including phenoxy) is 1. The molecule has 1 aromatic heterocycles. The molecule has 0 aliphatic rings. The molecule has 0 saturated carbocycles. The fourth-order valence-corrected chi connectivity index (χ4v) is 2.80. The average molecular weight is 267 g/mol. The van der Waals surface area contributed by atoms with E-state index in [0.29, 0.717) is 5.56 Å². The van der Waals surface area contributed by atoms with E-state index in [1.165, 1.54) is 23.6 Å². The second-order valence-corrected chi connectivity index (χ2v) is 4.99. The van der Waals surface area contributed by atoms with E-state index >= 15 is 0 Å². The van der Waals surface area contributed by atoms with Crippen molar-refractivity contribution in [3.63, 3.8) is 0 Å². The van der Waals surface area contributed by atoms with Crippen LogP contribution in [0.5, 0.6) is 0 Å². The quantitative estimate of drug-likeness (QED) is 0.659. The summed E-state index contributed by atoms with van der Waals surface area (Å²) in [6, 6.07) is 12.2. The highest BCUT2D eigenvalue weighted by Gasteiger charge is 2.13. The Morgan fingerprint density at radius 2 is 1.75 bits per heavy atom. The average Bonchev–Trinajstić information content (AvgIpc) is 2.78. The molecule has 1 heterocycles. The van der Waals surface area contributed by atoms with E-state index < -0.39 is 0 Å². The number of methoxy groups -OCH3 is 1. The summed E-state index contributed by atoms with van der Waals surface area (Å²) in [4.78, 5) is 11.7. The highest BCUT2D eigenvalue weighted by molar-refractivity contribution is 6.10. The summed E-state index contributed by atoms with van der Waals surface area (Å²) in [6.45, 7) is 5.12. The number of nitrogens with zero attached hydrogens (tertiary/aromatic N) is 1. The third-order valence-corrected chi connectivity index (χ3v) is 3.76. The van der Waals surface area contributed by atoms with Gasteiger partial charge >= 0.3 is 5.97 Å². The molecule has 20 heavy (non-hydrogen) atoms. The third kappa shape index (κ3) is 1.78. The zero-order valence-electron chi connectivity index (χ0n) is 11.9. The van der Waals surface area contributed by atoms with E-state index in [0.717, 1.165) is 17.4 Å². The molecule has 3 aromatic rings. The Labute approximate surface area is 117 Å². The van der Waals surface area contributed by atoms with Crippen molar-refractivity contribution < 1.29 is 9.53 Å². The first-order valence-electron chi connectivity index (χ1n) is 6.76. The first-order chi connectivity index (χ1) is 9.65. The first-order valence-corrected chi connectivity index (χ1v) is 6.76. The van der Waals surface area contributed by atoms with Crippen molar-refractivity contribution in [2.24, 2.45) is 0 Å². The van der Waals surface area contributed by atoms with E-state index in [2.05, 4.69) is 36.6 Å². The van der Waals surface area contributed by atoms with E-state index in [1.54, 1.807) is 0 Å². The molecule has 0 amide bonds. The lowest BCUT2D eigenvalue weighted by atomic mass is 10.1. The van der Waals surface area contributed by atoms with Crippen LogP contribution in [0.3, 0.4) is 0 Å². The lowest BCUT2D eigenvalue weighted by Crippen LogP contribution is -2.00. The SMILES string of the molecule is CCn1c2ccc(C)cc2c2cc(C(=O)OC)ccc21. The molecular weight excluding hydrogens is 250 g/mol. The molecule has 3 heteroatoms. The maximum Gasteiger partial charge on any atom is 0.337 e. The van der Waals surface area contributed by atoms with Crippen molar-refractivity contribution in [1.29, 1.82) is 0 Å². The minimum Gasteiger partial charge on any atom is -0.465 e. The summed E-state index contributed by atoms with van der Waals surface area (Å²) in [6.07, 6.45) is 0. The molecule has 2 aromatic carbocycles. The van der Waals surface area contributed by atoms with Crippen LogP contribution in [-0.4, -0.2) is 17.6 Å². The fraction of sp³-hybridized carbons (Fsp3) is 0.235. The molecule has 0 saturated heterocycles. The minimum atomic E-state index is -0.294. The molecule has 0 aliphatic carbocycles. The molecule has 0 spiro atoms. The van der Waals surface area contributed by atoms with Crippen LogP contribution in [-0.2, 0) is 11.3 Å². The lowest BCUT2D eigenvalue weighted by molar-refractivity contribution is 0.0601. The van der Waals surface area contributed by atoms with E-state index in [1.807, 2.05) is 18.2 Å². The van der Waals surface area contributed by atoms with Gasteiger partial charge < -0.3 is 9.30 Å². The highest BCUT2D eigenvalue weighted by Crippen LogP contribution is 2.30. The summed E-state index contributed by atoms with van der Waals surface area (Å²) >= 11 is 0. The van der Waals surface area contributed by atoms with Gasteiger partial charge in [0.15, 0.2) is 0 Å². The van der Waals surface area contributed by atoms with Gasteiger partial charge in [-0.2, -0.15) is 0 Å². The van der Waals surface area contributed by atoms with Gasteiger partial charge in [0, 0.05) is 28.4 Å². The number of fused-ring (bicyclic) bond motifs is 3. The van der Waals surface area contributed by atoms with Crippen molar-refractivity contribution in [3.8, 4) is 0 Å². The van der Waals surface area contributed by atoms with E-state index in [4.69, 9.17) is 4.74 Å². The molecule has 0 atom stereocenters. The molecule has 0 radical (unpaired) electrons. The maximum atomic E-state index is 11.7. The number of rotatable bonds is 2. The number of aryl methyl sites for hydroxylation is 2. The Kier molecular flexibility index (Phi) is 2.97. The number of hydrogen-bond donors (Lipinski definition) is 0. The Morgan fingerprint density at radius 1 is 1.10 bits per heavy atom. The number of benzene rings is 2. The number of aromatic nitrogens is 1. The molecule has 0 fully saturated rings. The molecule has 3 rings (SSSR count). The van der Waals surface area contributed by atoms with Crippen LogP contribution in [0.25, 0.3) is 21.8 Å². The van der Waals surface area contributed by atoms with Gasteiger partial charge in [0.05, 0.1) is 12.7 Å². The first kappa shape index (κ1) is 12.7. The topological polar surface area (TPSA) is 31.2 Å². The van der Waals surface area contributed by atoms with Gasteiger partial charge in [0.2, 0.25) is 0 Å². The number of hydrogen-bond acceptors (Lipinski definition) is 2. The molecule has 0 unspecified atom stereocenters. The predicted molar refractivity (Wildman–Crippen MR) is 81.2 cm³/mol. The van der Waals surface area contributed by atoms with Crippen LogP contribution >= 0.6 is 0 Å². The number of esters is 1. The zero-order chi connectivity index (χ0) is 14.3. The van der Waals surface area contributed by atoms with Gasteiger partial charge in [-0.1, -0.05) is 11.6 Å². The summed E-state index contributed by atoms with van der Waals surface area (Å²) in [5, 5.41) is 2.29. The van der Waals surface area contributed by atoms with Crippen molar-refractivity contribution >= 4 is 27.8 Å². The lowest BCUT2D eigenvalue weighted by Gasteiger charge is -2.03. The van der Waals surface area contributed by atoms with Crippen molar-refractivity contribution in [2.75, 3.05) is 7.11 Å². The molecule has 0 bridgehead atoms. The largest absolute Gasteiger partial charge is 0.465 e. The van der Waals surface area contributed by atoms with Crippen molar-refractivity contribution in [1.82, 2.24) is 4.57 Å². The van der Waals surface area contributed by atoms with Gasteiger partial charge in [-0.25, -0.2) is 4.79 Å². The van der Waals surface area contributed by atoms with Crippen molar-refractivity contribution in [3.05, 3.63) is 47.5 Å². The van der Waals surface area contributed by atoms with Crippen molar-refractivity contribution in [2.45, 2.75) is 20.4 Å². The second kappa shape index (κ2) is 4.67. The van der Waals surface area contributed by atoms with Gasteiger partial charge in [-0.3, -0.25) is 0 Å². The summed E-state index contributed by atoms with van der Waals surface area (Å²) < 4.78 is 7.08. The standard InChI is InChI=1S/C17H17NO2/c1-4-18-15-7-5-11(2)9-13(15)14-10-12(17(19)20-3)6-8-16(14)18/h5-10H,4H2,1-3H3. The predicted octanol–water partition coefficient (Wildman–Crippen LogP) is 3.91. The summed E-state index contributed by atoms with van der Waals surface area (Å²) in [5.74, 6) is -0.294. The van der Waals surface area contributed by atoms with Crippen LogP contribution in [0, 0.1) is 6.92 Å². The van der Waals surface area contributed by atoms with E-state index in [9.17, 15) is 4.79 Å². The van der Waals surface area contributed by atoms with Gasteiger partial charge in [0.25, 0.3) is 0 Å². The molecule has 0 aliphatic heterocycles. The van der Waals surface area contributed by atoms with Gasteiger partial charge in [-0.15, -0.1) is 0 Å². The molecule has 102 valence electrons. The Balaban J connectivity index is 2.41. The van der Waals surface area contributed by atoms with Crippen LogP contribution < -0.4 is 0 Å². The summed E-state index contributed by atoms with van der Waals surface area (Å²) in [7, 11) is 1.41. The van der Waals surface area contributed by atoms with Crippen LogP contribution in [0.2, 0.25) is 0 Å². The third-order valence-electron chi connectivity index (χ3n) is 3.76.